The number of methoxy groups -OCH3 is 1. The van der Waals surface area contributed by atoms with Crippen LogP contribution in [0.4, 0.5) is 0 Å². The summed E-state index contributed by atoms with van der Waals surface area (Å²) >= 11 is 0. The van der Waals surface area contributed by atoms with Crippen molar-refractivity contribution in [2.75, 3.05) is 7.11 Å². The first-order valence-corrected chi connectivity index (χ1v) is 6.74. The number of hydrogen-bond acceptors (Lipinski definition) is 3. The molecule has 0 aliphatic heterocycles. The molecule has 0 amide bonds. The fraction of sp³-hybridized carbons (Fsp3) is 0.176. The van der Waals surface area contributed by atoms with Crippen molar-refractivity contribution in [3.63, 3.8) is 0 Å². The second-order valence-corrected chi connectivity index (χ2v) is 5.11. The molecule has 0 bridgehead atoms. The van der Waals surface area contributed by atoms with Gasteiger partial charge in [-0.2, -0.15) is 5.10 Å². The van der Waals surface area contributed by atoms with Crippen molar-refractivity contribution in [1.82, 2.24) is 10.2 Å². The minimum atomic E-state index is -0.162. The van der Waals surface area contributed by atoms with Gasteiger partial charge in [0.05, 0.1) is 18.2 Å². The van der Waals surface area contributed by atoms with Gasteiger partial charge in [0.1, 0.15) is 5.75 Å². The number of aromatic amines is 1. The van der Waals surface area contributed by atoms with Crippen molar-refractivity contribution in [3.05, 3.63) is 57.9 Å². The van der Waals surface area contributed by atoms with Crippen molar-refractivity contribution in [2.45, 2.75) is 13.8 Å². The van der Waals surface area contributed by atoms with Crippen LogP contribution < -0.4 is 10.3 Å². The minimum Gasteiger partial charge on any atom is -0.497 e. The highest BCUT2D eigenvalue weighted by molar-refractivity contribution is 5.94. The van der Waals surface area contributed by atoms with E-state index in [4.69, 9.17) is 4.74 Å². The van der Waals surface area contributed by atoms with E-state index in [1.54, 1.807) is 7.11 Å². The van der Waals surface area contributed by atoms with E-state index in [9.17, 15) is 4.79 Å². The van der Waals surface area contributed by atoms with E-state index in [0.717, 1.165) is 33.5 Å². The SMILES string of the molecule is COc1ccc(-c2n[nH]c(=O)c3cc(C)c(C)cc23)cc1. The van der Waals surface area contributed by atoms with Gasteiger partial charge in [-0.25, -0.2) is 5.10 Å². The molecule has 0 saturated heterocycles. The van der Waals surface area contributed by atoms with Crippen LogP contribution in [0.1, 0.15) is 11.1 Å². The average molecular weight is 280 g/mol. The lowest BCUT2D eigenvalue weighted by atomic mass is 10.00. The molecule has 1 aromatic heterocycles. The van der Waals surface area contributed by atoms with Gasteiger partial charge < -0.3 is 4.74 Å². The third kappa shape index (κ3) is 2.29. The molecule has 21 heavy (non-hydrogen) atoms. The van der Waals surface area contributed by atoms with Gasteiger partial charge in [0.2, 0.25) is 0 Å². The quantitative estimate of drug-likeness (QED) is 0.784. The van der Waals surface area contributed by atoms with Crippen LogP contribution in [0, 0.1) is 13.8 Å². The molecule has 0 saturated carbocycles. The van der Waals surface area contributed by atoms with Gasteiger partial charge in [-0.3, -0.25) is 4.79 Å². The Morgan fingerprint density at radius 3 is 2.24 bits per heavy atom. The summed E-state index contributed by atoms with van der Waals surface area (Å²) < 4.78 is 5.17. The smallest absolute Gasteiger partial charge is 0.272 e. The number of H-pyrrole nitrogens is 1. The standard InChI is InChI=1S/C17H16N2O2/c1-10-8-14-15(9-11(10)2)17(20)19-18-16(14)12-4-6-13(21-3)7-5-12/h4-9H,1-3H3,(H,19,20). The summed E-state index contributed by atoms with van der Waals surface area (Å²) in [7, 11) is 1.63. The molecular formula is C17H16N2O2. The Balaban J connectivity index is 2.29. The number of aryl methyl sites for hydroxylation is 2. The highest BCUT2D eigenvalue weighted by Crippen LogP contribution is 2.27. The predicted octanol–water partition coefficient (Wildman–Crippen LogP) is 3.22. The molecular weight excluding hydrogens is 264 g/mol. The van der Waals surface area contributed by atoms with Gasteiger partial charge in [0.15, 0.2) is 0 Å². The molecule has 2 aromatic carbocycles. The Morgan fingerprint density at radius 2 is 1.62 bits per heavy atom. The van der Waals surface area contributed by atoms with Crippen LogP contribution >= 0.6 is 0 Å². The fourth-order valence-electron chi connectivity index (χ4n) is 2.40. The number of fused-ring (bicyclic) bond motifs is 1. The molecule has 0 aliphatic rings. The van der Waals surface area contributed by atoms with Crippen molar-refractivity contribution < 1.29 is 4.74 Å². The van der Waals surface area contributed by atoms with Crippen LogP contribution in [0.2, 0.25) is 0 Å². The zero-order valence-electron chi connectivity index (χ0n) is 12.2. The molecule has 3 aromatic rings. The number of nitrogens with zero attached hydrogens (tertiary/aromatic N) is 1. The van der Waals surface area contributed by atoms with Crippen LogP contribution in [0.25, 0.3) is 22.0 Å². The lowest BCUT2D eigenvalue weighted by molar-refractivity contribution is 0.415. The maximum Gasteiger partial charge on any atom is 0.272 e. The zero-order valence-corrected chi connectivity index (χ0v) is 12.2. The van der Waals surface area contributed by atoms with Crippen molar-refractivity contribution >= 4 is 10.8 Å². The summed E-state index contributed by atoms with van der Waals surface area (Å²) in [5, 5.41) is 8.34. The molecule has 4 heteroatoms. The highest BCUT2D eigenvalue weighted by atomic mass is 16.5. The summed E-state index contributed by atoms with van der Waals surface area (Å²) in [5.41, 5.74) is 3.80. The molecule has 4 nitrogen and oxygen atoms in total. The molecule has 0 aliphatic carbocycles. The molecule has 106 valence electrons. The average Bonchev–Trinajstić information content (AvgIpc) is 2.50. The summed E-state index contributed by atoms with van der Waals surface area (Å²) in [5.74, 6) is 0.791. The molecule has 0 unspecified atom stereocenters. The van der Waals surface area contributed by atoms with Gasteiger partial charge in [-0.1, -0.05) is 0 Å². The summed E-state index contributed by atoms with van der Waals surface area (Å²) in [6, 6.07) is 11.6. The van der Waals surface area contributed by atoms with Crippen LogP contribution in [0.3, 0.4) is 0 Å². The van der Waals surface area contributed by atoms with Gasteiger partial charge in [-0.05, 0) is 61.4 Å². The van der Waals surface area contributed by atoms with E-state index in [0.29, 0.717) is 5.39 Å². The monoisotopic (exact) mass is 280 g/mol. The third-order valence-corrected chi connectivity index (χ3v) is 3.77. The second kappa shape index (κ2) is 5.05. The molecule has 1 heterocycles. The zero-order chi connectivity index (χ0) is 15.0. The van der Waals surface area contributed by atoms with E-state index < -0.39 is 0 Å². The van der Waals surface area contributed by atoms with Crippen LogP contribution in [0.15, 0.2) is 41.2 Å². The van der Waals surface area contributed by atoms with Crippen molar-refractivity contribution in [2.24, 2.45) is 0 Å². The number of rotatable bonds is 2. The number of nitrogens with one attached hydrogen (secondary N) is 1. The number of benzene rings is 2. The topological polar surface area (TPSA) is 55.0 Å². The normalized spacial score (nSPS) is 10.8. The summed E-state index contributed by atoms with van der Waals surface area (Å²) in [6.45, 7) is 4.04. The third-order valence-electron chi connectivity index (χ3n) is 3.77. The van der Waals surface area contributed by atoms with Crippen molar-refractivity contribution in [3.8, 4) is 17.0 Å². The molecule has 0 radical (unpaired) electrons. The number of ether oxygens (including phenoxy) is 1. The predicted molar refractivity (Wildman–Crippen MR) is 83.8 cm³/mol. The summed E-state index contributed by atoms with van der Waals surface area (Å²) in [4.78, 5) is 12.0. The Hall–Kier alpha value is -2.62. The van der Waals surface area contributed by atoms with E-state index >= 15 is 0 Å². The van der Waals surface area contributed by atoms with E-state index in [-0.39, 0.29) is 5.56 Å². The van der Waals surface area contributed by atoms with Gasteiger partial charge in [0.25, 0.3) is 5.56 Å². The first kappa shape index (κ1) is 13.4. The van der Waals surface area contributed by atoms with Gasteiger partial charge in [0, 0.05) is 10.9 Å². The molecule has 0 spiro atoms. The van der Waals surface area contributed by atoms with Crippen LogP contribution in [0.5, 0.6) is 5.75 Å². The Kier molecular flexibility index (Phi) is 3.22. The maximum absolute atomic E-state index is 12.0. The van der Waals surface area contributed by atoms with E-state index in [1.165, 1.54) is 0 Å². The van der Waals surface area contributed by atoms with Gasteiger partial charge in [-0.15, -0.1) is 0 Å². The Morgan fingerprint density at radius 1 is 1.00 bits per heavy atom. The van der Waals surface area contributed by atoms with Crippen LogP contribution in [-0.4, -0.2) is 17.3 Å². The lowest BCUT2D eigenvalue weighted by Crippen LogP contribution is -2.10. The van der Waals surface area contributed by atoms with Crippen LogP contribution in [-0.2, 0) is 0 Å². The number of hydrogen-bond donors (Lipinski definition) is 1. The fourth-order valence-corrected chi connectivity index (χ4v) is 2.40. The maximum atomic E-state index is 12.0. The van der Waals surface area contributed by atoms with Gasteiger partial charge >= 0.3 is 0 Å². The Bertz CT molecular complexity index is 864. The molecule has 3 rings (SSSR count). The molecule has 0 fully saturated rings. The highest BCUT2D eigenvalue weighted by Gasteiger charge is 2.10. The van der Waals surface area contributed by atoms with Crippen molar-refractivity contribution in [1.29, 1.82) is 0 Å². The largest absolute Gasteiger partial charge is 0.497 e. The second-order valence-electron chi connectivity index (χ2n) is 5.11. The minimum absolute atomic E-state index is 0.162. The van der Waals surface area contributed by atoms with E-state index in [2.05, 4.69) is 10.2 Å². The molecule has 0 atom stereocenters. The molecule has 1 N–H and O–H groups in total. The lowest BCUT2D eigenvalue weighted by Gasteiger charge is -2.08. The first-order chi connectivity index (χ1) is 10.1. The summed E-state index contributed by atoms with van der Waals surface area (Å²) in [6.07, 6.45) is 0. The number of aromatic nitrogens is 2. The first-order valence-electron chi connectivity index (χ1n) is 6.74. The Labute approximate surface area is 122 Å². The van der Waals surface area contributed by atoms with E-state index in [1.807, 2.05) is 50.2 Å².